The predicted molar refractivity (Wildman–Crippen MR) is 118 cm³/mol. The molecule has 0 spiro atoms. The van der Waals surface area contributed by atoms with E-state index in [0.29, 0.717) is 12.0 Å². The maximum atomic E-state index is 3.75. The van der Waals surface area contributed by atoms with Crippen LogP contribution in [-0.4, -0.2) is 42.5 Å². The molecule has 1 atom stereocenters. The fourth-order valence-electron chi connectivity index (χ4n) is 4.72. The molecule has 3 heteroatoms. The van der Waals surface area contributed by atoms with Gasteiger partial charge in [0, 0.05) is 38.8 Å². The van der Waals surface area contributed by atoms with Gasteiger partial charge in [-0.2, -0.15) is 0 Å². The van der Waals surface area contributed by atoms with Gasteiger partial charge in [0.15, 0.2) is 0 Å². The Morgan fingerprint density at radius 2 is 1.50 bits per heavy atom. The highest BCUT2D eigenvalue weighted by Crippen LogP contribution is 2.27. The topological polar surface area (TPSA) is 18.5 Å². The van der Waals surface area contributed by atoms with Gasteiger partial charge in [-0.05, 0) is 54.1 Å². The molecule has 150 valence electrons. The normalized spacial score (nSPS) is 21.5. The van der Waals surface area contributed by atoms with Gasteiger partial charge in [-0.25, -0.2) is 0 Å². The molecule has 0 saturated carbocycles. The minimum absolute atomic E-state index is 0.432. The van der Waals surface area contributed by atoms with Gasteiger partial charge in [-0.1, -0.05) is 62.4 Å². The molecule has 2 aliphatic heterocycles. The van der Waals surface area contributed by atoms with E-state index in [1.54, 1.807) is 0 Å². The standard InChI is InChI=1S/C25H35N3/c1-20(2)23-7-3-4-8-24(23)25-19-28(16-13-26-25)18-22-11-9-21(10-12-22)17-27-14-5-6-15-27/h3-4,7-12,20,25-26H,5-6,13-19H2,1-2H3/t25-/m0/s1. The summed E-state index contributed by atoms with van der Waals surface area (Å²) in [5.74, 6) is 0.566. The Kier molecular flexibility index (Phi) is 6.46. The highest BCUT2D eigenvalue weighted by atomic mass is 15.2. The van der Waals surface area contributed by atoms with Crippen molar-refractivity contribution in [3.05, 3.63) is 70.8 Å². The molecule has 4 rings (SSSR count). The summed E-state index contributed by atoms with van der Waals surface area (Å²) < 4.78 is 0. The van der Waals surface area contributed by atoms with Crippen LogP contribution in [0.1, 0.15) is 60.9 Å². The van der Waals surface area contributed by atoms with Crippen LogP contribution in [0, 0.1) is 0 Å². The number of benzene rings is 2. The first-order valence-corrected chi connectivity index (χ1v) is 11.0. The van der Waals surface area contributed by atoms with Crippen LogP contribution in [0.2, 0.25) is 0 Å². The van der Waals surface area contributed by atoms with Gasteiger partial charge in [0.2, 0.25) is 0 Å². The Hall–Kier alpha value is -1.68. The van der Waals surface area contributed by atoms with E-state index in [1.807, 2.05) is 0 Å². The molecule has 0 bridgehead atoms. The van der Waals surface area contributed by atoms with Gasteiger partial charge >= 0.3 is 0 Å². The number of hydrogen-bond acceptors (Lipinski definition) is 3. The molecule has 2 saturated heterocycles. The zero-order valence-electron chi connectivity index (χ0n) is 17.5. The van der Waals surface area contributed by atoms with Gasteiger partial charge < -0.3 is 5.32 Å². The summed E-state index contributed by atoms with van der Waals surface area (Å²) in [6.45, 7) is 12.5. The third-order valence-electron chi connectivity index (χ3n) is 6.29. The molecular formula is C25H35N3. The molecule has 2 fully saturated rings. The van der Waals surface area contributed by atoms with Crippen LogP contribution in [0.25, 0.3) is 0 Å². The Morgan fingerprint density at radius 1 is 0.857 bits per heavy atom. The lowest BCUT2D eigenvalue weighted by molar-refractivity contribution is 0.192. The number of hydrogen-bond donors (Lipinski definition) is 1. The lowest BCUT2D eigenvalue weighted by Crippen LogP contribution is -2.45. The summed E-state index contributed by atoms with van der Waals surface area (Å²) in [6, 6.07) is 18.7. The van der Waals surface area contributed by atoms with Crippen molar-refractivity contribution in [2.45, 2.75) is 51.7 Å². The third kappa shape index (κ3) is 4.83. The highest BCUT2D eigenvalue weighted by molar-refractivity contribution is 5.33. The number of nitrogens with zero attached hydrogens (tertiary/aromatic N) is 2. The maximum absolute atomic E-state index is 3.75. The van der Waals surface area contributed by atoms with Crippen molar-refractivity contribution in [1.82, 2.24) is 15.1 Å². The van der Waals surface area contributed by atoms with Crippen molar-refractivity contribution in [3.63, 3.8) is 0 Å². The van der Waals surface area contributed by atoms with E-state index in [1.165, 1.54) is 48.2 Å². The van der Waals surface area contributed by atoms with Crippen LogP contribution >= 0.6 is 0 Å². The smallest absolute Gasteiger partial charge is 0.0452 e. The molecule has 2 aliphatic rings. The van der Waals surface area contributed by atoms with Crippen LogP contribution in [-0.2, 0) is 13.1 Å². The second-order valence-corrected chi connectivity index (χ2v) is 8.83. The number of nitrogens with one attached hydrogen (secondary N) is 1. The van der Waals surface area contributed by atoms with Crippen molar-refractivity contribution < 1.29 is 0 Å². The average molecular weight is 378 g/mol. The first-order chi connectivity index (χ1) is 13.7. The van der Waals surface area contributed by atoms with Crippen LogP contribution in [0.3, 0.4) is 0 Å². The average Bonchev–Trinajstić information content (AvgIpc) is 3.23. The third-order valence-corrected chi connectivity index (χ3v) is 6.29. The van der Waals surface area contributed by atoms with Gasteiger partial charge in [0.1, 0.15) is 0 Å². The summed E-state index contributed by atoms with van der Waals surface area (Å²) >= 11 is 0. The lowest BCUT2D eigenvalue weighted by atomic mass is 9.92. The molecule has 0 aliphatic carbocycles. The quantitative estimate of drug-likeness (QED) is 0.797. The fourth-order valence-corrected chi connectivity index (χ4v) is 4.72. The predicted octanol–water partition coefficient (Wildman–Crippen LogP) is 4.55. The van der Waals surface area contributed by atoms with Gasteiger partial charge in [0.25, 0.3) is 0 Å². The van der Waals surface area contributed by atoms with Crippen molar-refractivity contribution in [2.24, 2.45) is 0 Å². The van der Waals surface area contributed by atoms with E-state index in [9.17, 15) is 0 Å². The van der Waals surface area contributed by atoms with Crippen molar-refractivity contribution >= 4 is 0 Å². The van der Waals surface area contributed by atoms with Crippen molar-refractivity contribution in [2.75, 3.05) is 32.7 Å². The van der Waals surface area contributed by atoms with E-state index >= 15 is 0 Å². The van der Waals surface area contributed by atoms with E-state index in [2.05, 4.69) is 77.5 Å². The van der Waals surface area contributed by atoms with Gasteiger partial charge in [-0.15, -0.1) is 0 Å². The number of likely N-dealkylation sites (tertiary alicyclic amines) is 1. The molecule has 2 aromatic rings. The van der Waals surface area contributed by atoms with E-state index in [4.69, 9.17) is 0 Å². The summed E-state index contributed by atoms with van der Waals surface area (Å²) in [5.41, 5.74) is 5.84. The van der Waals surface area contributed by atoms with Crippen molar-refractivity contribution in [3.8, 4) is 0 Å². The second kappa shape index (κ2) is 9.21. The number of piperazine rings is 1. The van der Waals surface area contributed by atoms with E-state index in [-0.39, 0.29) is 0 Å². The SMILES string of the molecule is CC(C)c1ccccc1[C@@H]1CN(Cc2ccc(CN3CCCC3)cc2)CCN1. The first-order valence-electron chi connectivity index (χ1n) is 11.0. The minimum atomic E-state index is 0.432. The monoisotopic (exact) mass is 377 g/mol. The summed E-state index contributed by atoms with van der Waals surface area (Å²) in [5, 5.41) is 3.75. The Morgan fingerprint density at radius 3 is 2.18 bits per heavy atom. The number of rotatable bonds is 6. The Bertz CT molecular complexity index is 747. The van der Waals surface area contributed by atoms with Crippen LogP contribution in [0.15, 0.2) is 48.5 Å². The van der Waals surface area contributed by atoms with Gasteiger partial charge in [-0.3, -0.25) is 9.80 Å². The fraction of sp³-hybridized carbons (Fsp3) is 0.520. The molecule has 2 aromatic carbocycles. The van der Waals surface area contributed by atoms with E-state index in [0.717, 1.165) is 32.7 Å². The summed E-state index contributed by atoms with van der Waals surface area (Å²) in [7, 11) is 0. The molecule has 28 heavy (non-hydrogen) atoms. The molecule has 0 radical (unpaired) electrons. The maximum Gasteiger partial charge on any atom is 0.0452 e. The second-order valence-electron chi connectivity index (χ2n) is 8.83. The minimum Gasteiger partial charge on any atom is -0.308 e. The molecule has 2 heterocycles. The molecule has 3 nitrogen and oxygen atoms in total. The Labute approximate surface area is 170 Å². The first kappa shape index (κ1) is 19.6. The molecule has 1 N–H and O–H groups in total. The molecule has 0 amide bonds. The zero-order chi connectivity index (χ0) is 19.3. The largest absolute Gasteiger partial charge is 0.308 e. The van der Waals surface area contributed by atoms with Crippen LogP contribution < -0.4 is 5.32 Å². The molecule has 0 unspecified atom stereocenters. The van der Waals surface area contributed by atoms with Crippen LogP contribution in [0.5, 0.6) is 0 Å². The Balaban J connectivity index is 1.37. The van der Waals surface area contributed by atoms with E-state index < -0.39 is 0 Å². The molecule has 0 aromatic heterocycles. The lowest BCUT2D eigenvalue weighted by Gasteiger charge is -2.35. The summed E-state index contributed by atoms with van der Waals surface area (Å²) in [6.07, 6.45) is 2.73. The van der Waals surface area contributed by atoms with Crippen molar-refractivity contribution in [1.29, 1.82) is 0 Å². The summed E-state index contributed by atoms with van der Waals surface area (Å²) in [4.78, 5) is 5.18. The molecular weight excluding hydrogens is 342 g/mol. The zero-order valence-corrected chi connectivity index (χ0v) is 17.5. The highest BCUT2D eigenvalue weighted by Gasteiger charge is 2.23. The van der Waals surface area contributed by atoms with Crippen LogP contribution in [0.4, 0.5) is 0 Å². The van der Waals surface area contributed by atoms with Gasteiger partial charge in [0.05, 0.1) is 0 Å².